The highest BCUT2D eigenvalue weighted by Crippen LogP contribution is 2.17. The fourth-order valence-corrected chi connectivity index (χ4v) is 2.73. The van der Waals surface area contributed by atoms with Crippen molar-refractivity contribution < 1.29 is 33.4 Å². The molecule has 1 heterocycles. The largest absolute Gasteiger partial charge is 0.378 e. The summed E-state index contributed by atoms with van der Waals surface area (Å²) in [5.41, 5.74) is 5.74. The zero-order chi connectivity index (χ0) is 21.6. The molecule has 1 saturated heterocycles. The molecule has 1 rings (SSSR count). The Balaban J connectivity index is 2.04. The summed E-state index contributed by atoms with van der Waals surface area (Å²) in [7, 11) is 0. The van der Waals surface area contributed by atoms with Crippen molar-refractivity contribution in [1.82, 2.24) is 15.5 Å². The first kappa shape index (κ1) is 25.0. The minimum atomic E-state index is -0.834. The number of aldehydes is 1. The first-order valence-electron chi connectivity index (χ1n) is 9.28. The molecule has 0 bridgehead atoms. The average molecular weight is 432 g/mol. The first-order valence-corrected chi connectivity index (χ1v) is 9.79. The van der Waals surface area contributed by atoms with Crippen molar-refractivity contribution >= 4 is 42.5 Å². The standard InChI is InChI=1S/C17H28N4O7S/c18-12(1-2-14(23)19-3-7-28-10-6-22)16(25)20-4-8-27-9-5-21-15(24)11-13(29)17(21)26/h6,12-13,29H,1-5,7-11,18H2,(H,19,23)(H,20,25). The van der Waals surface area contributed by atoms with E-state index in [0.29, 0.717) is 6.29 Å². The van der Waals surface area contributed by atoms with Gasteiger partial charge in [-0.3, -0.25) is 24.1 Å². The van der Waals surface area contributed by atoms with Crippen LogP contribution in [0.3, 0.4) is 0 Å². The van der Waals surface area contributed by atoms with E-state index in [1.807, 2.05) is 0 Å². The third kappa shape index (κ3) is 9.83. The van der Waals surface area contributed by atoms with Crippen LogP contribution in [0, 0.1) is 0 Å². The second-order valence-corrected chi connectivity index (χ2v) is 6.87. The van der Waals surface area contributed by atoms with E-state index in [4.69, 9.17) is 15.2 Å². The summed E-state index contributed by atoms with van der Waals surface area (Å²) in [6.07, 6.45) is 0.986. The van der Waals surface area contributed by atoms with Gasteiger partial charge in [0.25, 0.3) is 0 Å². The van der Waals surface area contributed by atoms with Crippen molar-refractivity contribution in [3.05, 3.63) is 0 Å². The summed E-state index contributed by atoms with van der Waals surface area (Å²) in [6.45, 7) is 1.20. The van der Waals surface area contributed by atoms with Crippen LogP contribution in [0.2, 0.25) is 0 Å². The van der Waals surface area contributed by atoms with Crippen LogP contribution in [-0.2, 0) is 33.4 Å². The van der Waals surface area contributed by atoms with Crippen LogP contribution < -0.4 is 16.4 Å². The molecule has 0 spiro atoms. The molecule has 0 radical (unpaired) electrons. The fourth-order valence-electron chi connectivity index (χ4n) is 2.44. The molecule has 1 aliphatic heterocycles. The van der Waals surface area contributed by atoms with Gasteiger partial charge in [0.05, 0.1) is 37.7 Å². The number of likely N-dealkylation sites (tertiary alicyclic amines) is 1. The van der Waals surface area contributed by atoms with Crippen molar-refractivity contribution in [3.63, 3.8) is 0 Å². The normalized spacial score (nSPS) is 17.3. The van der Waals surface area contributed by atoms with Crippen molar-refractivity contribution in [1.29, 1.82) is 0 Å². The van der Waals surface area contributed by atoms with Gasteiger partial charge in [-0.1, -0.05) is 0 Å². The number of carbonyl (C=O) groups is 5. The van der Waals surface area contributed by atoms with Gasteiger partial charge >= 0.3 is 0 Å². The summed E-state index contributed by atoms with van der Waals surface area (Å²) in [5.74, 6) is -1.26. The van der Waals surface area contributed by atoms with E-state index in [1.165, 1.54) is 0 Å². The summed E-state index contributed by atoms with van der Waals surface area (Å²) in [4.78, 5) is 57.9. The molecule has 2 atom stereocenters. The quantitative estimate of drug-likeness (QED) is 0.0967. The predicted molar refractivity (Wildman–Crippen MR) is 105 cm³/mol. The molecule has 0 aliphatic carbocycles. The van der Waals surface area contributed by atoms with Gasteiger partial charge in [-0.05, 0) is 6.42 Å². The van der Waals surface area contributed by atoms with Gasteiger partial charge in [0.2, 0.25) is 23.6 Å². The second kappa shape index (κ2) is 14.0. The molecule has 0 saturated carbocycles. The number of nitrogens with two attached hydrogens (primary N) is 1. The van der Waals surface area contributed by atoms with Crippen molar-refractivity contribution in [2.24, 2.45) is 5.73 Å². The number of hydrogen-bond donors (Lipinski definition) is 4. The molecule has 0 aromatic carbocycles. The summed E-state index contributed by atoms with van der Waals surface area (Å²) < 4.78 is 10.2. The van der Waals surface area contributed by atoms with Crippen LogP contribution in [0.1, 0.15) is 19.3 Å². The maximum atomic E-state index is 11.9. The SMILES string of the molecule is NC(CCC(=O)NCCOCC=O)C(=O)NCCOCCN1C(=O)CC(S)C1=O. The van der Waals surface area contributed by atoms with E-state index >= 15 is 0 Å². The van der Waals surface area contributed by atoms with Crippen molar-refractivity contribution in [3.8, 4) is 0 Å². The van der Waals surface area contributed by atoms with E-state index in [1.54, 1.807) is 0 Å². The molecular weight excluding hydrogens is 404 g/mol. The number of hydrogen-bond acceptors (Lipinski definition) is 9. The van der Waals surface area contributed by atoms with Crippen LogP contribution in [0.15, 0.2) is 0 Å². The number of nitrogens with zero attached hydrogens (tertiary/aromatic N) is 1. The monoisotopic (exact) mass is 432 g/mol. The maximum Gasteiger partial charge on any atom is 0.242 e. The number of carbonyl (C=O) groups excluding carboxylic acids is 5. The first-order chi connectivity index (χ1) is 13.9. The lowest BCUT2D eigenvalue weighted by molar-refractivity contribution is -0.139. The lowest BCUT2D eigenvalue weighted by Gasteiger charge is -2.15. The van der Waals surface area contributed by atoms with Gasteiger partial charge < -0.3 is 30.6 Å². The van der Waals surface area contributed by atoms with Crippen molar-refractivity contribution in [2.45, 2.75) is 30.6 Å². The Morgan fingerprint density at radius 2 is 1.90 bits per heavy atom. The van der Waals surface area contributed by atoms with E-state index < -0.39 is 17.2 Å². The number of imide groups is 1. The Hall–Kier alpha value is -2.02. The maximum absolute atomic E-state index is 11.9. The molecule has 0 aromatic heterocycles. The molecule has 11 nitrogen and oxygen atoms in total. The van der Waals surface area contributed by atoms with Gasteiger partial charge in [-0.2, -0.15) is 12.6 Å². The smallest absolute Gasteiger partial charge is 0.242 e. The molecule has 1 fully saturated rings. The van der Waals surface area contributed by atoms with Crippen LogP contribution in [0.4, 0.5) is 0 Å². The van der Waals surface area contributed by atoms with E-state index in [9.17, 15) is 24.0 Å². The Labute approximate surface area is 174 Å². The second-order valence-electron chi connectivity index (χ2n) is 6.24. The molecule has 1 aliphatic rings. The highest BCUT2D eigenvalue weighted by atomic mass is 32.1. The number of nitrogens with one attached hydrogen (secondary N) is 2. The van der Waals surface area contributed by atoms with Gasteiger partial charge in [-0.15, -0.1) is 0 Å². The third-order valence-corrected chi connectivity index (χ3v) is 4.40. The van der Waals surface area contributed by atoms with E-state index in [-0.39, 0.29) is 83.0 Å². The lowest BCUT2D eigenvalue weighted by atomic mass is 10.1. The van der Waals surface area contributed by atoms with Gasteiger partial charge in [-0.25, -0.2) is 0 Å². The Bertz CT molecular complexity index is 590. The highest BCUT2D eigenvalue weighted by Gasteiger charge is 2.35. The molecule has 4 amide bonds. The number of amides is 4. The summed E-state index contributed by atoms with van der Waals surface area (Å²) >= 11 is 4.03. The number of ether oxygens (including phenoxy) is 2. The summed E-state index contributed by atoms with van der Waals surface area (Å²) in [6, 6.07) is -0.834. The van der Waals surface area contributed by atoms with Crippen LogP contribution in [-0.4, -0.2) is 92.2 Å². The zero-order valence-corrected chi connectivity index (χ0v) is 17.0. The molecule has 2 unspecified atom stereocenters. The Kier molecular flexibility index (Phi) is 12.1. The Morgan fingerprint density at radius 1 is 1.21 bits per heavy atom. The van der Waals surface area contributed by atoms with Gasteiger partial charge in [0.15, 0.2) is 0 Å². The van der Waals surface area contributed by atoms with Gasteiger partial charge in [0.1, 0.15) is 12.9 Å². The van der Waals surface area contributed by atoms with Gasteiger partial charge in [0, 0.05) is 25.9 Å². The summed E-state index contributed by atoms with van der Waals surface area (Å²) in [5, 5.41) is 4.60. The minimum absolute atomic E-state index is 0.0186. The molecule has 29 heavy (non-hydrogen) atoms. The zero-order valence-electron chi connectivity index (χ0n) is 16.1. The van der Waals surface area contributed by atoms with Crippen molar-refractivity contribution in [2.75, 3.05) is 46.1 Å². The average Bonchev–Trinajstić information content (AvgIpc) is 2.93. The van der Waals surface area contributed by atoms with Crippen LogP contribution >= 0.6 is 12.6 Å². The van der Waals surface area contributed by atoms with E-state index in [2.05, 4.69) is 23.3 Å². The number of rotatable bonds is 15. The number of thiol groups is 1. The van der Waals surface area contributed by atoms with Crippen LogP contribution in [0.5, 0.6) is 0 Å². The van der Waals surface area contributed by atoms with Crippen LogP contribution in [0.25, 0.3) is 0 Å². The molecule has 4 N–H and O–H groups in total. The molecular formula is C17H28N4O7S. The Morgan fingerprint density at radius 3 is 2.55 bits per heavy atom. The van der Waals surface area contributed by atoms with E-state index in [0.717, 1.165) is 4.90 Å². The molecule has 164 valence electrons. The minimum Gasteiger partial charge on any atom is -0.378 e. The molecule has 12 heteroatoms. The third-order valence-electron chi connectivity index (χ3n) is 4.00. The lowest BCUT2D eigenvalue weighted by Crippen LogP contribution is -2.42. The topological polar surface area (TPSA) is 157 Å². The fraction of sp³-hybridized carbons (Fsp3) is 0.706. The molecule has 0 aromatic rings. The highest BCUT2D eigenvalue weighted by molar-refractivity contribution is 7.81. The predicted octanol–water partition coefficient (Wildman–Crippen LogP) is -2.38.